The van der Waals surface area contributed by atoms with Crippen LogP contribution in [0.15, 0.2) is 78.9 Å². The Morgan fingerprint density at radius 3 is 2.36 bits per heavy atom. The van der Waals surface area contributed by atoms with Crippen LogP contribution in [0.2, 0.25) is 0 Å². The molecule has 0 unspecified atom stereocenters. The van der Waals surface area contributed by atoms with Crippen LogP contribution in [0.4, 0.5) is 0 Å². The van der Waals surface area contributed by atoms with Gasteiger partial charge in [0.1, 0.15) is 11.6 Å². The molecule has 3 nitrogen and oxygen atoms in total. The Kier molecular flexibility index (Phi) is 5.72. The number of imidazole rings is 1. The lowest BCUT2D eigenvalue weighted by Gasteiger charge is -2.11. The molecule has 4 rings (SSSR count). The van der Waals surface area contributed by atoms with Crippen molar-refractivity contribution in [2.45, 2.75) is 32.7 Å². The van der Waals surface area contributed by atoms with Crippen LogP contribution in [0, 0.1) is 0 Å². The Morgan fingerprint density at radius 2 is 1.57 bits per heavy atom. The van der Waals surface area contributed by atoms with Gasteiger partial charge in [0.15, 0.2) is 0 Å². The molecule has 28 heavy (non-hydrogen) atoms. The fourth-order valence-corrected chi connectivity index (χ4v) is 3.52. The lowest BCUT2D eigenvalue weighted by atomic mass is 10.1. The van der Waals surface area contributed by atoms with Crippen molar-refractivity contribution < 1.29 is 4.74 Å². The van der Waals surface area contributed by atoms with Gasteiger partial charge in [-0.05, 0) is 48.2 Å². The van der Waals surface area contributed by atoms with Gasteiger partial charge in [0.05, 0.1) is 17.6 Å². The number of hydrogen-bond acceptors (Lipinski definition) is 2. The summed E-state index contributed by atoms with van der Waals surface area (Å²) in [5.74, 6) is 2.05. The molecular formula is C25H26N2O. The maximum absolute atomic E-state index is 5.94. The van der Waals surface area contributed by atoms with E-state index in [1.165, 1.54) is 16.6 Å². The zero-order valence-electron chi connectivity index (χ0n) is 16.3. The fourth-order valence-electron chi connectivity index (χ4n) is 3.52. The molecule has 1 aromatic heterocycles. The van der Waals surface area contributed by atoms with Gasteiger partial charge in [-0.25, -0.2) is 4.98 Å². The molecule has 0 atom stereocenters. The number of benzene rings is 3. The summed E-state index contributed by atoms with van der Waals surface area (Å²) in [5, 5.41) is 0. The van der Waals surface area contributed by atoms with Gasteiger partial charge in [-0.1, -0.05) is 61.5 Å². The SMILES string of the molecule is CCc1ccc(OCCCn2c(Cc3ccccc3)nc3ccccc32)cc1. The monoisotopic (exact) mass is 370 g/mol. The Morgan fingerprint density at radius 1 is 0.821 bits per heavy atom. The van der Waals surface area contributed by atoms with Crippen LogP contribution in [0.5, 0.6) is 5.75 Å². The Hall–Kier alpha value is -3.07. The molecular weight excluding hydrogens is 344 g/mol. The van der Waals surface area contributed by atoms with Gasteiger partial charge < -0.3 is 9.30 Å². The van der Waals surface area contributed by atoms with E-state index in [1.807, 2.05) is 0 Å². The quantitative estimate of drug-likeness (QED) is 0.374. The van der Waals surface area contributed by atoms with Crippen molar-refractivity contribution >= 4 is 11.0 Å². The summed E-state index contributed by atoms with van der Waals surface area (Å²) in [4.78, 5) is 4.89. The van der Waals surface area contributed by atoms with Crippen molar-refractivity contribution in [3.8, 4) is 5.75 Å². The van der Waals surface area contributed by atoms with E-state index in [4.69, 9.17) is 9.72 Å². The Bertz CT molecular complexity index is 1020. The second kappa shape index (κ2) is 8.75. The van der Waals surface area contributed by atoms with Gasteiger partial charge in [0, 0.05) is 13.0 Å². The summed E-state index contributed by atoms with van der Waals surface area (Å²) in [6, 6.07) is 27.3. The number of nitrogens with zero attached hydrogens (tertiary/aromatic N) is 2. The van der Waals surface area contributed by atoms with Gasteiger partial charge >= 0.3 is 0 Å². The van der Waals surface area contributed by atoms with Gasteiger partial charge in [-0.15, -0.1) is 0 Å². The van der Waals surface area contributed by atoms with E-state index < -0.39 is 0 Å². The van der Waals surface area contributed by atoms with Crippen molar-refractivity contribution in [3.05, 3.63) is 95.8 Å². The standard InChI is InChI=1S/C25H26N2O/c1-2-20-13-15-22(16-14-20)28-18-8-17-27-24-12-7-6-11-23(24)26-25(27)19-21-9-4-3-5-10-21/h3-7,9-16H,2,8,17-19H2,1H3. The lowest BCUT2D eigenvalue weighted by molar-refractivity contribution is 0.302. The molecule has 0 spiro atoms. The highest BCUT2D eigenvalue weighted by atomic mass is 16.5. The molecule has 0 bridgehead atoms. The normalized spacial score (nSPS) is 11.0. The molecule has 0 radical (unpaired) electrons. The molecule has 3 aromatic carbocycles. The van der Waals surface area contributed by atoms with E-state index in [2.05, 4.69) is 90.4 Å². The average Bonchev–Trinajstić information content (AvgIpc) is 3.09. The predicted octanol–water partition coefficient (Wildman–Crippen LogP) is 5.66. The smallest absolute Gasteiger partial charge is 0.119 e. The third-order valence-electron chi connectivity index (χ3n) is 5.07. The topological polar surface area (TPSA) is 27.1 Å². The fraction of sp³-hybridized carbons (Fsp3) is 0.240. The van der Waals surface area contributed by atoms with Crippen molar-refractivity contribution in [1.29, 1.82) is 0 Å². The van der Waals surface area contributed by atoms with E-state index in [9.17, 15) is 0 Å². The van der Waals surface area contributed by atoms with Crippen LogP contribution in [-0.2, 0) is 19.4 Å². The molecule has 0 aliphatic carbocycles. The lowest BCUT2D eigenvalue weighted by Crippen LogP contribution is -2.08. The van der Waals surface area contributed by atoms with Crippen molar-refractivity contribution in [2.75, 3.05) is 6.61 Å². The predicted molar refractivity (Wildman–Crippen MR) is 115 cm³/mol. The summed E-state index contributed by atoms with van der Waals surface area (Å²) in [6.45, 7) is 3.76. The number of rotatable bonds is 8. The first-order chi connectivity index (χ1) is 13.8. The third kappa shape index (κ3) is 4.25. The first-order valence-electron chi connectivity index (χ1n) is 10.0. The number of aromatic nitrogens is 2. The molecule has 1 heterocycles. The van der Waals surface area contributed by atoms with E-state index in [0.717, 1.165) is 42.9 Å². The molecule has 0 aliphatic rings. The van der Waals surface area contributed by atoms with Crippen LogP contribution in [0.25, 0.3) is 11.0 Å². The van der Waals surface area contributed by atoms with Crippen LogP contribution < -0.4 is 4.74 Å². The van der Waals surface area contributed by atoms with Crippen molar-refractivity contribution in [1.82, 2.24) is 9.55 Å². The summed E-state index contributed by atoms with van der Waals surface area (Å²) in [6.07, 6.45) is 2.84. The summed E-state index contributed by atoms with van der Waals surface area (Å²) in [7, 11) is 0. The van der Waals surface area contributed by atoms with E-state index in [1.54, 1.807) is 0 Å². The van der Waals surface area contributed by atoms with Crippen LogP contribution in [0.1, 0.15) is 30.3 Å². The molecule has 0 saturated heterocycles. The number of ether oxygens (including phenoxy) is 1. The molecule has 0 N–H and O–H groups in total. The summed E-state index contributed by atoms with van der Waals surface area (Å²) < 4.78 is 8.28. The summed E-state index contributed by atoms with van der Waals surface area (Å²) in [5.41, 5.74) is 4.87. The number of fused-ring (bicyclic) bond motifs is 1. The minimum Gasteiger partial charge on any atom is -0.494 e. The zero-order chi connectivity index (χ0) is 19.2. The van der Waals surface area contributed by atoms with E-state index >= 15 is 0 Å². The van der Waals surface area contributed by atoms with Gasteiger partial charge in [-0.2, -0.15) is 0 Å². The van der Waals surface area contributed by atoms with E-state index in [-0.39, 0.29) is 0 Å². The van der Waals surface area contributed by atoms with Gasteiger partial charge in [-0.3, -0.25) is 0 Å². The molecule has 142 valence electrons. The van der Waals surface area contributed by atoms with Gasteiger partial charge in [0.25, 0.3) is 0 Å². The highest BCUT2D eigenvalue weighted by Crippen LogP contribution is 2.19. The first kappa shape index (κ1) is 18.3. The Balaban J connectivity index is 1.45. The molecule has 4 aromatic rings. The minimum atomic E-state index is 0.697. The molecule has 0 saturated carbocycles. The first-order valence-corrected chi connectivity index (χ1v) is 10.0. The number of para-hydroxylation sites is 2. The maximum Gasteiger partial charge on any atom is 0.119 e. The second-order valence-electron chi connectivity index (χ2n) is 7.03. The number of aryl methyl sites for hydroxylation is 2. The average molecular weight is 370 g/mol. The highest BCUT2D eigenvalue weighted by Gasteiger charge is 2.11. The summed E-state index contributed by atoms with van der Waals surface area (Å²) >= 11 is 0. The van der Waals surface area contributed by atoms with Crippen molar-refractivity contribution in [2.24, 2.45) is 0 Å². The zero-order valence-corrected chi connectivity index (χ0v) is 16.3. The molecule has 0 amide bonds. The molecule has 0 aliphatic heterocycles. The van der Waals surface area contributed by atoms with Crippen LogP contribution >= 0.6 is 0 Å². The second-order valence-corrected chi connectivity index (χ2v) is 7.03. The largest absolute Gasteiger partial charge is 0.494 e. The highest BCUT2D eigenvalue weighted by molar-refractivity contribution is 5.76. The van der Waals surface area contributed by atoms with E-state index in [0.29, 0.717) is 6.61 Å². The van der Waals surface area contributed by atoms with Crippen LogP contribution in [0.3, 0.4) is 0 Å². The number of hydrogen-bond donors (Lipinski definition) is 0. The third-order valence-corrected chi connectivity index (χ3v) is 5.07. The van der Waals surface area contributed by atoms with Crippen LogP contribution in [-0.4, -0.2) is 16.2 Å². The minimum absolute atomic E-state index is 0.697. The maximum atomic E-state index is 5.94. The van der Waals surface area contributed by atoms with Gasteiger partial charge in [0.2, 0.25) is 0 Å². The van der Waals surface area contributed by atoms with Crippen molar-refractivity contribution in [3.63, 3.8) is 0 Å². The molecule has 0 fully saturated rings. The Labute approximate surface area is 166 Å². The molecule has 3 heteroatoms.